The SMILES string of the molecule is CC(C)(C)c1cc(Cl)c(Cl)c(Cl)n1. The van der Waals surface area contributed by atoms with Crippen molar-refractivity contribution in [2.75, 3.05) is 0 Å². The van der Waals surface area contributed by atoms with E-state index in [2.05, 4.69) is 4.98 Å². The number of hydrogen-bond donors (Lipinski definition) is 0. The Kier molecular flexibility index (Phi) is 3.11. The molecule has 1 aromatic heterocycles. The Morgan fingerprint density at radius 3 is 2.08 bits per heavy atom. The van der Waals surface area contributed by atoms with E-state index in [1.165, 1.54) is 0 Å². The molecule has 0 radical (unpaired) electrons. The molecular formula is C9H10Cl3N. The van der Waals surface area contributed by atoms with Gasteiger partial charge in [-0.2, -0.15) is 0 Å². The molecule has 1 aromatic rings. The maximum Gasteiger partial charge on any atom is 0.149 e. The molecule has 0 amide bonds. The van der Waals surface area contributed by atoms with Gasteiger partial charge in [-0.15, -0.1) is 0 Å². The molecule has 0 aromatic carbocycles. The zero-order valence-corrected chi connectivity index (χ0v) is 9.93. The summed E-state index contributed by atoms with van der Waals surface area (Å²) in [6, 6.07) is 1.75. The molecule has 1 rings (SSSR count). The maximum atomic E-state index is 5.87. The first kappa shape index (κ1) is 11.1. The summed E-state index contributed by atoms with van der Waals surface area (Å²) in [6.45, 7) is 6.11. The van der Waals surface area contributed by atoms with E-state index >= 15 is 0 Å². The third kappa shape index (κ3) is 2.49. The molecule has 0 fully saturated rings. The summed E-state index contributed by atoms with van der Waals surface area (Å²) in [5, 5.41) is 1.03. The highest BCUT2D eigenvalue weighted by atomic mass is 35.5. The normalized spacial score (nSPS) is 11.8. The molecule has 0 saturated carbocycles. The molecule has 0 spiro atoms. The van der Waals surface area contributed by atoms with Crippen LogP contribution < -0.4 is 0 Å². The fraction of sp³-hybridized carbons (Fsp3) is 0.444. The van der Waals surface area contributed by atoms with E-state index in [0.717, 1.165) is 5.69 Å². The van der Waals surface area contributed by atoms with Crippen molar-refractivity contribution in [2.45, 2.75) is 26.2 Å². The Morgan fingerprint density at radius 2 is 1.69 bits per heavy atom. The Labute approximate surface area is 93.0 Å². The lowest BCUT2D eigenvalue weighted by Gasteiger charge is -2.18. The van der Waals surface area contributed by atoms with Gasteiger partial charge in [0.2, 0.25) is 0 Å². The second kappa shape index (κ2) is 3.64. The topological polar surface area (TPSA) is 12.9 Å². The van der Waals surface area contributed by atoms with Gasteiger partial charge in [0.1, 0.15) is 5.15 Å². The number of aromatic nitrogens is 1. The molecule has 0 saturated heterocycles. The van der Waals surface area contributed by atoms with Crippen LogP contribution in [0.5, 0.6) is 0 Å². The summed E-state index contributed by atoms with van der Waals surface area (Å²) in [5.41, 5.74) is 0.768. The van der Waals surface area contributed by atoms with Crippen LogP contribution in [0, 0.1) is 0 Å². The second-order valence-electron chi connectivity index (χ2n) is 3.84. The average Bonchev–Trinajstić information content (AvgIpc) is 1.97. The first-order valence-electron chi connectivity index (χ1n) is 3.84. The lowest BCUT2D eigenvalue weighted by Crippen LogP contribution is -2.13. The van der Waals surface area contributed by atoms with Crippen LogP contribution in [0.3, 0.4) is 0 Å². The molecule has 0 unspecified atom stereocenters. The first-order chi connectivity index (χ1) is 5.82. The van der Waals surface area contributed by atoms with Gasteiger partial charge in [0.15, 0.2) is 0 Å². The minimum absolute atomic E-state index is 0.0716. The molecule has 0 N–H and O–H groups in total. The van der Waals surface area contributed by atoms with Gasteiger partial charge in [0.05, 0.1) is 10.0 Å². The molecule has 0 bridgehead atoms. The predicted molar refractivity (Wildman–Crippen MR) is 58.0 cm³/mol. The van der Waals surface area contributed by atoms with Gasteiger partial charge in [-0.3, -0.25) is 0 Å². The van der Waals surface area contributed by atoms with Crippen molar-refractivity contribution in [3.05, 3.63) is 27.0 Å². The van der Waals surface area contributed by atoms with Crippen LogP contribution in [0.4, 0.5) is 0 Å². The Hall–Kier alpha value is 0.0200. The highest BCUT2D eigenvalue weighted by Gasteiger charge is 2.18. The molecule has 0 aliphatic rings. The van der Waals surface area contributed by atoms with Gasteiger partial charge in [0.25, 0.3) is 0 Å². The quantitative estimate of drug-likeness (QED) is 0.613. The van der Waals surface area contributed by atoms with Crippen LogP contribution in [-0.2, 0) is 5.41 Å². The van der Waals surface area contributed by atoms with E-state index in [0.29, 0.717) is 10.0 Å². The second-order valence-corrected chi connectivity index (χ2v) is 4.99. The summed E-state index contributed by atoms with van der Waals surface area (Å²) in [4.78, 5) is 4.15. The van der Waals surface area contributed by atoms with Gasteiger partial charge in [-0.05, 0) is 6.07 Å². The third-order valence-corrected chi connectivity index (χ3v) is 2.79. The maximum absolute atomic E-state index is 5.87. The van der Waals surface area contributed by atoms with Crippen LogP contribution in [0.1, 0.15) is 26.5 Å². The first-order valence-corrected chi connectivity index (χ1v) is 4.98. The standard InChI is InChI=1S/C9H10Cl3N/c1-9(2,3)6-4-5(10)7(11)8(12)13-6/h4H,1-3H3. The fourth-order valence-electron chi connectivity index (χ4n) is 0.853. The van der Waals surface area contributed by atoms with Crippen LogP contribution >= 0.6 is 34.8 Å². The van der Waals surface area contributed by atoms with Gasteiger partial charge in [-0.1, -0.05) is 55.6 Å². The summed E-state index contributed by atoms with van der Waals surface area (Å²) < 4.78 is 0. The summed E-state index contributed by atoms with van der Waals surface area (Å²) >= 11 is 17.4. The molecule has 72 valence electrons. The van der Waals surface area contributed by atoms with E-state index in [1.54, 1.807) is 6.07 Å². The van der Waals surface area contributed by atoms with Crippen LogP contribution in [0.25, 0.3) is 0 Å². The predicted octanol–water partition coefficient (Wildman–Crippen LogP) is 4.34. The Morgan fingerprint density at radius 1 is 1.15 bits per heavy atom. The highest BCUT2D eigenvalue weighted by molar-refractivity contribution is 6.47. The van der Waals surface area contributed by atoms with Gasteiger partial charge in [-0.25, -0.2) is 4.98 Å². The Bertz CT molecular complexity index is 305. The van der Waals surface area contributed by atoms with Crippen LogP contribution in [0.2, 0.25) is 15.2 Å². The van der Waals surface area contributed by atoms with E-state index in [9.17, 15) is 0 Å². The lowest BCUT2D eigenvalue weighted by atomic mass is 9.92. The fourth-order valence-corrected chi connectivity index (χ4v) is 1.38. The Balaban J connectivity index is 3.29. The van der Waals surface area contributed by atoms with E-state index in [-0.39, 0.29) is 10.6 Å². The van der Waals surface area contributed by atoms with Crippen molar-refractivity contribution < 1.29 is 0 Å². The minimum atomic E-state index is -0.0716. The highest BCUT2D eigenvalue weighted by Crippen LogP contribution is 2.32. The monoisotopic (exact) mass is 237 g/mol. The summed E-state index contributed by atoms with van der Waals surface area (Å²) in [6.07, 6.45) is 0. The van der Waals surface area contributed by atoms with E-state index in [4.69, 9.17) is 34.8 Å². The summed E-state index contributed by atoms with van der Waals surface area (Å²) in [7, 11) is 0. The van der Waals surface area contributed by atoms with Crippen LogP contribution in [-0.4, -0.2) is 4.98 Å². The van der Waals surface area contributed by atoms with Crippen molar-refractivity contribution in [2.24, 2.45) is 0 Å². The lowest BCUT2D eigenvalue weighted by molar-refractivity contribution is 0.569. The molecular weight excluding hydrogens is 228 g/mol. The van der Waals surface area contributed by atoms with Crippen LogP contribution in [0.15, 0.2) is 6.07 Å². The zero-order chi connectivity index (χ0) is 10.2. The van der Waals surface area contributed by atoms with E-state index in [1.807, 2.05) is 20.8 Å². The van der Waals surface area contributed by atoms with Gasteiger partial charge < -0.3 is 0 Å². The average molecular weight is 239 g/mol. The summed E-state index contributed by atoms with van der Waals surface area (Å²) in [5.74, 6) is 0. The molecule has 1 heterocycles. The molecule has 1 nitrogen and oxygen atoms in total. The molecule has 0 atom stereocenters. The van der Waals surface area contributed by atoms with Crippen molar-refractivity contribution >= 4 is 34.8 Å². The zero-order valence-electron chi connectivity index (χ0n) is 7.66. The number of hydrogen-bond acceptors (Lipinski definition) is 1. The van der Waals surface area contributed by atoms with Crippen molar-refractivity contribution in [3.63, 3.8) is 0 Å². The third-order valence-electron chi connectivity index (χ3n) is 1.64. The number of nitrogens with zero attached hydrogens (tertiary/aromatic N) is 1. The van der Waals surface area contributed by atoms with Crippen molar-refractivity contribution in [1.29, 1.82) is 0 Å². The number of halogens is 3. The molecule has 4 heteroatoms. The smallest absolute Gasteiger partial charge is 0.149 e. The van der Waals surface area contributed by atoms with Crippen molar-refractivity contribution in [1.82, 2.24) is 4.98 Å². The molecule has 0 aliphatic carbocycles. The number of pyridine rings is 1. The molecule has 13 heavy (non-hydrogen) atoms. The largest absolute Gasteiger partial charge is 0.239 e. The minimum Gasteiger partial charge on any atom is -0.239 e. The van der Waals surface area contributed by atoms with E-state index < -0.39 is 0 Å². The molecule has 0 aliphatic heterocycles. The van der Waals surface area contributed by atoms with Crippen molar-refractivity contribution in [3.8, 4) is 0 Å². The van der Waals surface area contributed by atoms with Gasteiger partial charge in [0, 0.05) is 11.1 Å². The van der Waals surface area contributed by atoms with Gasteiger partial charge >= 0.3 is 0 Å². The number of rotatable bonds is 0.